The van der Waals surface area contributed by atoms with E-state index in [4.69, 9.17) is 5.84 Å². The summed E-state index contributed by atoms with van der Waals surface area (Å²) in [6.07, 6.45) is 0.938. The van der Waals surface area contributed by atoms with E-state index in [0.29, 0.717) is 5.92 Å². The van der Waals surface area contributed by atoms with E-state index in [-0.39, 0.29) is 11.8 Å². The summed E-state index contributed by atoms with van der Waals surface area (Å²) in [5.74, 6) is 5.93. The van der Waals surface area contributed by atoms with Gasteiger partial charge in [-0.15, -0.1) is 13.2 Å². The first-order chi connectivity index (χ1) is 9.48. The van der Waals surface area contributed by atoms with Crippen molar-refractivity contribution in [3.8, 4) is 5.75 Å². The molecule has 3 N–H and O–H groups in total. The zero-order chi connectivity index (χ0) is 14.6. The zero-order valence-electron chi connectivity index (χ0n) is 11.1. The van der Waals surface area contributed by atoms with E-state index >= 15 is 0 Å². The molecule has 1 atom stereocenters. The highest BCUT2D eigenvalue weighted by atomic mass is 19.4. The summed E-state index contributed by atoms with van der Waals surface area (Å²) in [6, 6.07) is 5.86. The number of ether oxygens (including phenoxy) is 1. The Morgan fingerprint density at radius 1 is 1.30 bits per heavy atom. The average Bonchev–Trinajstić information content (AvgIpc) is 2.87. The zero-order valence-corrected chi connectivity index (χ0v) is 11.1. The number of halogens is 3. The number of hydrogen-bond acceptors (Lipinski definition) is 3. The third-order valence-electron chi connectivity index (χ3n) is 3.74. The van der Waals surface area contributed by atoms with Gasteiger partial charge in [0, 0.05) is 6.04 Å². The largest absolute Gasteiger partial charge is 0.573 e. The van der Waals surface area contributed by atoms with E-state index in [1.54, 1.807) is 12.1 Å². The Morgan fingerprint density at radius 2 is 2.00 bits per heavy atom. The first kappa shape index (κ1) is 15.1. The van der Waals surface area contributed by atoms with Gasteiger partial charge in [0.2, 0.25) is 0 Å². The second kappa shape index (κ2) is 6.45. The molecule has 0 bridgehead atoms. The summed E-state index contributed by atoms with van der Waals surface area (Å²) in [4.78, 5) is 0. The van der Waals surface area contributed by atoms with E-state index in [1.807, 2.05) is 0 Å². The Morgan fingerprint density at radius 3 is 2.60 bits per heavy atom. The molecule has 1 aliphatic carbocycles. The summed E-state index contributed by atoms with van der Waals surface area (Å²) in [6.45, 7) is 0. The number of hydrogen-bond donors (Lipinski definition) is 2. The first-order valence-corrected chi connectivity index (χ1v) is 6.80. The van der Waals surface area contributed by atoms with Crippen LogP contribution in [-0.4, -0.2) is 6.36 Å². The van der Waals surface area contributed by atoms with Crippen molar-refractivity contribution in [2.45, 2.75) is 44.5 Å². The molecule has 0 aliphatic heterocycles. The summed E-state index contributed by atoms with van der Waals surface area (Å²) in [5, 5.41) is 0. The van der Waals surface area contributed by atoms with Crippen molar-refractivity contribution in [3.05, 3.63) is 29.8 Å². The number of benzene rings is 1. The Kier molecular flexibility index (Phi) is 4.88. The molecule has 0 spiro atoms. The van der Waals surface area contributed by atoms with Gasteiger partial charge in [-0.1, -0.05) is 37.8 Å². The molecular formula is C14H19F3N2O. The van der Waals surface area contributed by atoms with E-state index in [0.717, 1.165) is 24.8 Å². The molecular weight excluding hydrogens is 269 g/mol. The Bertz CT molecular complexity index is 431. The van der Waals surface area contributed by atoms with Gasteiger partial charge >= 0.3 is 6.36 Å². The minimum atomic E-state index is -4.67. The lowest BCUT2D eigenvalue weighted by atomic mass is 9.94. The monoisotopic (exact) mass is 288 g/mol. The molecule has 1 aliphatic rings. The van der Waals surface area contributed by atoms with E-state index < -0.39 is 6.36 Å². The molecule has 1 aromatic carbocycles. The van der Waals surface area contributed by atoms with Crippen LogP contribution in [0.25, 0.3) is 0 Å². The number of nitrogens with two attached hydrogens (primary N) is 1. The minimum absolute atomic E-state index is 0.144. The van der Waals surface area contributed by atoms with Gasteiger partial charge in [0.25, 0.3) is 0 Å². The van der Waals surface area contributed by atoms with Crippen LogP contribution >= 0.6 is 0 Å². The number of rotatable bonds is 5. The Hall–Kier alpha value is -1.27. The lowest BCUT2D eigenvalue weighted by Gasteiger charge is -2.21. The summed E-state index contributed by atoms with van der Waals surface area (Å²) in [7, 11) is 0. The fourth-order valence-electron chi connectivity index (χ4n) is 2.81. The molecule has 3 nitrogen and oxygen atoms in total. The van der Waals surface area contributed by atoms with Crippen LogP contribution in [0.5, 0.6) is 5.75 Å². The second-order valence-electron chi connectivity index (χ2n) is 5.23. The molecule has 2 rings (SSSR count). The summed E-state index contributed by atoms with van der Waals surface area (Å²) in [5.41, 5.74) is 3.42. The van der Waals surface area contributed by atoms with Crippen molar-refractivity contribution in [1.82, 2.24) is 5.43 Å². The maximum absolute atomic E-state index is 12.2. The second-order valence-corrected chi connectivity index (χ2v) is 5.23. The van der Waals surface area contributed by atoms with Gasteiger partial charge in [-0.2, -0.15) is 0 Å². The van der Waals surface area contributed by atoms with Gasteiger partial charge in [0.05, 0.1) is 0 Å². The molecule has 0 amide bonds. The summed E-state index contributed by atoms with van der Waals surface area (Å²) >= 11 is 0. The average molecular weight is 288 g/mol. The SMILES string of the molecule is NNC(CC1CCCC1)c1cccc(OC(F)(F)F)c1. The highest BCUT2D eigenvalue weighted by Gasteiger charge is 2.31. The van der Waals surface area contributed by atoms with Crippen LogP contribution in [0.1, 0.15) is 43.7 Å². The molecule has 20 heavy (non-hydrogen) atoms. The van der Waals surface area contributed by atoms with Gasteiger partial charge < -0.3 is 4.74 Å². The number of nitrogens with one attached hydrogen (secondary N) is 1. The van der Waals surface area contributed by atoms with Gasteiger partial charge in [0.15, 0.2) is 0 Å². The molecule has 1 unspecified atom stereocenters. The van der Waals surface area contributed by atoms with Crippen LogP contribution in [0.15, 0.2) is 24.3 Å². The third-order valence-corrected chi connectivity index (χ3v) is 3.74. The van der Waals surface area contributed by atoms with Gasteiger partial charge in [-0.05, 0) is 30.0 Å². The lowest BCUT2D eigenvalue weighted by Crippen LogP contribution is -2.29. The summed E-state index contributed by atoms with van der Waals surface area (Å²) < 4.78 is 40.6. The fourth-order valence-corrected chi connectivity index (χ4v) is 2.81. The van der Waals surface area contributed by atoms with Crippen molar-refractivity contribution in [3.63, 3.8) is 0 Å². The minimum Gasteiger partial charge on any atom is -0.406 e. The highest BCUT2D eigenvalue weighted by molar-refractivity contribution is 5.30. The quantitative estimate of drug-likeness (QED) is 0.642. The van der Waals surface area contributed by atoms with Crippen molar-refractivity contribution in [2.75, 3.05) is 0 Å². The third kappa shape index (κ3) is 4.38. The number of alkyl halides is 3. The normalized spacial score (nSPS) is 18.2. The molecule has 0 radical (unpaired) electrons. The number of hydrazine groups is 1. The van der Waals surface area contributed by atoms with Gasteiger partial charge in [-0.3, -0.25) is 11.3 Å². The topological polar surface area (TPSA) is 47.3 Å². The van der Waals surface area contributed by atoms with Crippen LogP contribution in [0.4, 0.5) is 13.2 Å². The Labute approximate surface area is 116 Å². The van der Waals surface area contributed by atoms with Crippen LogP contribution in [-0.2, 0) is 0 Å². The van der Waals surface area contributed by atoms with E-state index in [1.165, 1.54) is 25.0 Å². The maximum atomic E-state index is 12.2. The van der Waals surface area contributed by atoms with Crippen LogP contribution in [0, 0.1) is 5.92 Å². The fraction of sp³-hybridized carbons (Fsp3) is 0.571. The van der Waals surface area contributed by atoms with Gasteiger partial charge in [0.1, 0.15) is 5.75 Å². The molecule has 1 fully saturated rings. The molecule has 0 saturated heterocycles. The predicted octanol–water partition coefficient (Wildman–Crippen LogP) is 3.67. The lowest BCUT2D eigenvalue weighted by molar-refractivity contribution is -0.274. The predicted molar refractivity (Wildman–Crippen MR) is 69.8 cm³/mol. The molecule has 6 heteroatoms. The van der Waals surface area contributed by atoms with E-state index in [2.05, 4.69) is 10.2 Å². The van der Waals surface area contributed by atoms with Crippen LogP contribution in [0.3, 0.4) is 0 Å². The Balaban J connectivity index is 2.06. The first-order valence-electron chi connectivity index (χ1n) is 6.80. The molecule has 1 saturated carbocycles. The van der Waals surface area contributed by atoms with Crippen LogP contribution in [0.2, 0.25) is 0 Å². The molecule has 0 aromatic heterocycles. The highest BCUT2D eigenvalue weighted by Crippen LogP contribution is 2.34. The van der Waals surface area contributed by atoms with Crippen molar-refractivity contribution >= 4 is 0 Å². The standard InChI is InChI=1S/C14H19F3N2O/c15-14(16,17)20-12-7-3-6-11(9-12)13(19-18)8-10-4-1-2-5-10/h3,6-7,9-10,13,19H,1-2,4-5,8,18H2. The van der Waals surface area contributed by atoms with Gasteiger partial charge in [-0.25, -0.2) is 0 Å². The maximum Gasteiger partial charge on any atom is 0.573 e. The molecule has 1 aromatic rings. The van der Waals surface area contributed by atoms with Crippen molar-refractivity contribution in [2.24, 2.45) is 11.8 Å². The van der Waals surface area contributed by atoms with Crippen LogP contribution < -0.4 is 16.0 Å². The van der Waals surface area contributed by atoms with E-state index in [9.17, 15) is 13.2 Å². The molecule has 0 heterocycles. The smallest absolute Gasteiger partial charge is 0.406 e. The molecule has 112 valence electrons. The van der Waals surface area contributed by atoms with Crippen molar-refractivity contribution < 1.29 is 17.9 Å². The van der Waals surface area contributed by atoms with Crippen molar-refractivity contribution in [1.29, 1.82) is 0 Å².